The molecule has 1 aliphatic rings. The molecule has 0 saturated heterocycles. The number of aliphatic hydroxyl groups is 1. The summed E-state index contributed by atoms with van der Waals surface area (Å²) in [6.07, 6.45) is 13.5. The van der Waals surface area contributed by atoms with Gasteiger partial charge in [-0.1, -0.05) is 49.8 Å². The number of aromatic nitrogens is 2. The Labute approximate surface area is 203 Å². The molecule has 1 heterocycles. The fraction of sp³-hybridized carbons (Fsp3) is 0.393. The first kappa shape index (κ1) is 25.4. The second kappa shape index (κ2) is 12.3. The molecule has 1 saturated carbocycles. The number of hydrogen-bond acceptors (Lipinski definition) is 6. The Kier molecular flexibility index (Phi) is 9.16. The molecule has 180 valence electrons. The largest absolute Gasteiger partial charge is 0.393 e. The normalized spacial score (nSPS) is 19.3. The summed E-state index contributed by atoms with van der Waals surface area (Å²) >= 11 is 0. The number of anilines is 1. The van der Waals surface area contributed by atoms with Gasteiger partial charge in [0, 0.05) is 68.9 Å². The first-order valence-corrected chi connectivity index (χ1v) is 12.0. The number of nitrogens with zero attached hydrogens (tertiary/aromatic N) is 4. The molecular weight excluding hydrogens is 422 g/mol. The number of benzene rings is 1. The first-order valence-electron chi connectivity index (χ1n) is 12.0. The molecular formula is C28H37N5O. The van der Waals surface area contributed by atoms with Crippen molar-refractivity contribution in [1.82, 2.24) is 14.9 Å². The maximum atomic E-state index is 10.4. The van der Waals surface area contributed by atoms with Gasteiger partial charge in [-0.15, -0.1) is 0 Å². The van der Waals surface area contributed by atoms with Crippen molar-refractivity contribution in [3.63, 3.8) is 0 Å². The zero-order valence-electron chi connectivity index (χ0n) is 20.8. The zero-order valence-corrected chi connectivity index (χ0v) is 20.8. The molecule has 0 spiro atoms. The molecule has 1 aromatic heterocycles. The molecule has 6 nitrogen and oxygen atoms in total. The second-order valence-electron chi connectivity index (χ2n) is 8.91. The molecule has 6 heteroatoms. The van der Waals surface area contributed by atoms with Gasteiger partial charge in [-0.25, -0.2) is 9.97 Å². The van der Waals surface area contributed by atoms with Crippen molar-refractivity contribution in [3.05, 3.63) is 66.5 Å². The van der Waals surface area contributed by atoms with E-state index in [0.29, 0.717) is 12.4 Å². The van der Waals surface area contributed by atoms with E-state index in [4.69, 9.17) is 9.97 Å². The van der Waals surface area contributed by atoms with E-state index in [-0.39, 0.29) is 12.0 Å². The molecule has 1 unspecified atom stereocenters. The van der Waals surface area contributed by atoms with E-state index < -0.39 is 0 Å². The van der Waals surface area contributed by atoms with Crippen molar-refractivity contribution >= 4 is 23.2 Å². The molecule has 0 radical (unpaired) electrons. The lowest BCUT2D eigenvalue weighted by Crippen LogP contribution is -2.30. The van der Waals surface area contributed by atoms with E-state index in [2.05, 4.69) is 29.0 Å². The molecule has 2 atom stereocenters. The quantitative estimate of drug-likeness (QED) is 0.393. The molecule has 0 aliphatic heterocycles. The average molecular weight is 460 g/mol. The van der Waals surface area contributed by atoms with Gasteiger partial charge in [-0.2, -0.15) is 0 Å². The van der Waals surface area contributed by atoms with Crippen molar-refractivity contribution in [2.75, 3.05) is 33.0 Å². The Bertz CT molecular complexity index is 1070. The first-order chi connectivity index (χ1) is 16.5. The number of nitrogens with one attached hydrogen (secondary N) is 1. The van der Waals surface area contributed by atoms with Gasteiger partial charge in [0.2, 0.25) is 0 Å². The lowest BCUT2D eigenvalue weighted by molar-refractivity contribution is 0.0763. The molecule has 1 aliphatic carbocycles. The topological polar surface area (TPSA) is 73.6 Å². The molecule has 1 fully saturated rings. The summed E-state index contributed by atoms with van der Waals surface area (Å²) < 4.78 is 0. The highest BCUT2D eigenvalue weighted by molar-refractivity contribution is 6.11. The SMILES string of the molecule is C=C/C(=C\N(C)C)c1cccc(-c2ncc(/C(C=NC)=C/C)c(NC[C@@H]3CCCCC3O)n2)c1. The Balaban J connectivity index is 1.98. The molecule has 2 aromatic rings. The highest BCUT2D eigenvalue weighted by Crippen LogP contribution is 2.29. The minimum Gasteiger partial charge on any atom is -0.393 e. The van der Waals surface area contributed by atoms with Gasteiger partial charge in [0.25, 0.3) is 0 Å². The predicted molar refractivity (Wildman–Crippen MR) is 144 cm³/mol. The van der Waals surface area contributed by atoms with Crippen LogP contribution in [0.25, 0.3) is 22.5 Å². The summed E-state index contributed by atoms with van der Waals surface area (Å²) in [6, 6.07) is 8.19. The summed E-state index contributed by atoms with van der Waals surface area (Å²) in [5.74, 6) is 1.63. The lowest BCUT2D eigenvalue weighted by Gasteiger charge is -2.28. The van der Waals surface area contributed by atoms with Gasteiger partial charge in [0.1, 0.15) is 5.82 Å². The van der Waals surface area contributed by atoms with E-state index in [1.54, 1.807) is 7.05 Å². The van der Waals surface area contributed by atoms with Crippen LogP contribution in [0.1, 0.15) is 43.7 Å². The Hall–Kier alpha value is -3.25. The molecule has 0 bridgehead atoms. The van der Waals surface area contributed by atoms with Crippen LogP contribution in [0.4, 0.5) is 5.82 Å². The fourth-order valence-electron chi connectivity index (χ4n) is 4.32. The van der Waals surface area contributed by atoms with Gasteiger partial charge in [0.05, 0.1) is 6.10 Å². The Morgan fingerprint density at radius 1 is 1.26 bits per heavy atom. The third-order valence-corrected chi connectivity index (χ3v) is 6.15. The number of aliphatic hydroxyl groups excluding tert-OH is 1. The van der Waals surface area contributed by atoms with E-state index in [1.165, 1.54) is 0 Å². The van der Waals surface area contributed by atoms with Gasteiger partial charge >= 0.3 is 0 Å². The van der Waals surface area contributed by atoms with Crippen molar-refractivity contribution < 1.29 is 5.11 Å². The molecule has 0 amide bonds. The van der Waals surface area contributed by atoms with Crippen LogP contribution in [-0.2, 0) is 0 Å². The molecule has 34 heavy (non-hydrogen) atoms. The van der Waals surface area contributed by atoms with Crippen LogP contribution in [0.15, 0.2) is 60.4 Å². The lowest BCUT2D eigenvalue weighted by atomic mass is 9.86. The summed E-state index contributed by atoms with van der Waals surface area (Å²) in [7, 11) is 5.75. The Morgan fingerprint density at radius 3 is 2.74 bits per heavy atom. The van der Waals surface area contributed by atoms with Crippen molar-refractivity contribution in [1.29, 1.82) is 0 Å². The van der Waals surface area contributed by atoms with E-state index in [9.17, 15) is 5.11 Å². The minimum atomic E-state index is -0.262. The highest BCUT2D eigenvalue weighted by Gasteiger charge is 2.23. The van der Waals surface area contributed by atoms with Gasteiger partial charge < -0.3 is 15.3 Å². The smallest absolute Gasteiger partial charge is 0.161 e. The van der Waals surface area contributed by atoms with Crippen LogP contribution in [0.5, 0.6) is 0 Å². The van der Waals surface area contributed by atoms with Gasteiger partial charge in [-0.05, 0) is 37.0 Å². The van der Waals surface area contributed by atoms with Crippen LogP contribution >= 0.6 is 0 Å². The van der Waals surface area contributed by atoms with Crippen LogP contribution in [0.2, 0.25) is 0 Å². The van der Waals surface area contributed by atoms with E-state index in [1.807, 2.05) is 68.8 Å². The average Bonchev–Trinajstić information content (AvgIpc) is 2.85. The van der Waals surface area contributed by atoms with Gasteiger partial charge in [0.15, 0.2) is 5.82 Å². The molecule has 1 aromatic carbocycles. The number of allylic oxidation sites excluding steroid dienone is 4. The van der Waals surface area contributed by atoms with Crippen molar-refractivity contribution in [2.45, 2.75) is 38.7 Å². The van der Waals surface area contributed by atoms with Crippen LogP contribution in [0, 0.1) is 5.92 Å². The van der Waals surface area contributed by atoms with Crippen LogP contribution < -0.4 is 5.32 Å². The maximum Gasteiger partial charge on any atom is 0.161 e. The third kappa shape index (κ3) is 6.41. The predicted octanol–water partition coefficient (Wildman–Crippen LogP) is 5.30. The monoisotopic (exact) mass is 459 g/mol. The van der Waals surface area contributed by atoms with Crippen LogP contribution in [-0.4, -0.2) is 60.0 Å². The summed E-state index contributed by atoms with van der Waals surface area (Å²) in [5.41, 5.74) is 4.88. The number of rotatable bonds is 9. The van der Waals surface area contributed by atoms with Crippen molar-refractivity contribution in [3.8, 4) is 11.4 Å². The second-order valence-corrected chi connectivity index (χ2v) is 8.91. The molecule has 2 N–H and O–H groups in total. The standard InChI is InChI=1S/C28H37N5O/c1-6-20(16-29-3)25-18-31-27(32-28(25)30-17-24-11-8-9-14-26(24)34)23-13-10-12-22(15-23)21(7-2)19-33(4)5/h6-7,10,12-13,15-16,18-19,24,26,34H,2,8-9,11,14,17H2,1,3-5H3,(H,30,31,32)/b20-6+,21-19+,29-16?/t24-,26?/m0/s1. The number of hydrogen-bond donors (Lipinski definition) is 2. The van der Waals surface area contributed by atoms with Gasteiger partial charge in [-0.3, -0.25) is 4.99 Å². The summed E-state index contributed by atoms with van der Waals surface area (Å²) in [5, 5.41) is 14.0. The van der Waals surface area contributed by atoms with E-state index >= 15 is 0 Å². The van der Waals surface area contributed by atoms with Crippen molar-refractivity contribution in [2.24, 2.45) is 10.9 Å². The highest BCUT2D eigenvalue weighted by atomic mass is 16.3. The van der Waals surface area contributed by atoms with Crippen LogP contribution in [0.3, 0.4) is 0 Å². The summed E-state index contributed by atoms with van der Waals surface area (Å²) in [6.45, 7) is 6.63. The van der Waals surface area contributed by atoms with E-state index in [0.717, 1.165) is 59.3 Å². The molecule has 3 rings (SSSR count). The number of aliphatic imine (C=N–C) groups is 1. The maximum absolute atomic E-state index is 10.4. The summed E-state index contributed by atoms with van der Waals surface area (Å²) in [4.78, 5) is 15.8. The minimum absolute atomic E-state index is 0.226. The third-order valence-electron chi connectivity index (χ3n) is 6.15. The Morgan fingerprint density at radius 2 is 2.06 bits per heavy atom. The zero-order chi connectivity index (χ0) is 24.5. The fourth-order valence-corrected chi connectivity index (χ4v) is 4.32.